The van der Waals surface area contributed by atoms with Gasteiger partial charge in [0.25, 0.3) is 0 Å². The molecule has 0 radical (unpaired) electrons. The molecule has 0 saturated heterocycles. The van der Waals surface area contributed by atoms with Crippen molar-refractivity contribution in [3.8, 4) is 0 Å². The number of pyridine rings is 1. The van der Waals surface area contributed by atoms with Gasteiger partial charge in [0.15, 0.2) is 0 Å². The minimum absolute atomic E-state index is 0.348. The Morgan fingerprint density at radius 1 is 1.29 bits per heavy atom. The zero-order valence-corrected chi connectivity index (χ0v) is 14.1. The maximum Gasteiger partial charge on any atom is 0.126 e. The number of anilines is 1. The van der Waals surface area contributed by atoms with E-state index in [-0.39, 0.29) is 0 Å². The molecule has 0 spiro atoms. The Labute approximate surface area is 133 Å². The van der Waals surface area contributed by atoms with Crippen LogP contribution in [0.3, 0.4) is 0 Å². The number of hydrogen-bond acceptors (Lipinski definition) is 3. The van der Waals surface area contributed by atoms with Crippen molar-refractivity contribution in [1.82, 2.24) is 4.98 Å². The molecule has 21 heavy (non-hydrogen) atoms. The van der Waals surface area contributed by atoms with Crippen molar-refractivity contribution in [2.75, 3.05) is 11.9 Å². The van der Waals surface area contributed by atoms with Gasteiger partial charge < -0.3 is 10.1 Å². The third-order valence-electron chi connectivity index (χ3n) is 4.48. The number of rotatable bonds is 6. The lowest BCUT2D eigenvalue weighted by Crippen LogP contribution is -2.26. The molecule has 1 aromatic rings. The summed E-state index contributed by atoms with van der Waals surface area (Å²) in [5.74, 6) is 2.43. The van der Waals surface area contributed by atoms with Crippen molar-refractivity contribution >= 4 is 17.4 Å². The first kappa shape index (κ1) is 16.6. The molecule has 2 rings (SSSR count). The highest BCUT2D eigenvalue weighted by atomic mass is 35.5. The van der Waals surface area contributed by atoms with Gasteiger partial charge in [0.2, 0.25) is 0 Å². The third kappa shape index (κ3) is 4.86. The van der Waals surface area contributed by atoms with Gasteiger partial charge in [0.05, 0.1) is 23.4 Å². The summed E-state index contributed by atoms with van der Waals surface area (Å²) in [6, 6.07) is 3.82. The van der Waals surface area contributed by atoms with Crippen LogP contribution in [-0.2, 0) is 11.3 Å². The smallest absolute Gasteiger partial charge is 0.126 e. The first-order valence-electron chi connectivity index (χ1n) is 8.11. The van der Waals surface area contributed by atoms with E-state index in [4.69, 9.17) is 16.3 Å². The zero-order valence-electron chi connectivity index (χ0n) is 13.4. The van der Waals surface area contributed by atoms with Crippen LogP contribution in [0.25, 0.3) is 0 Å². The van der Waals surface area contributed by atoms with E-state index in [1.54, 1.807) is 0 Å². The minimum atomic E-state index is 0.348. The summed E-state index contributed by atoms with van der Waals surface area (Å²) in [6.45, 7) is 8.22. The topological polar surface area (TPSA) is 34.1 Å². The molecule has 3 atom stereocenters. The number of nitrogens with one attached hydrogen (secondary N) is 1. The standard InChI is InChI=1S/C17H27ClN2O/c1-4-9-19-17-8-7-15(18)16(20-17)11-21-14-6-5-12(2)13(3)10-14/h7-8,12-14H,4-6,9-11H2,1-3H3,(H,19,20). The molecule has 3 unspecified atom stereocenters. The first-order chi connectivity index (χ1) is 10.1. The molecular formula is C17H27ClN2O. The average molecular weight is 311 g/mol. The third-order valence-corrected chi connectivity index (χ3v) is 4.82. The van der Waals surface area contributed by atoms with Gasteiger partial charge in [-0.1, -0.05) is 32.4 Å². The van der Waals surface area contributed by atoms with Gasteiger partial charge in [-0.2, -0.15) is 0 Å². The molecule has 0 amide bonds. The lowest BCUT2D eigenvalue weighted by molar-refractivity contribution is -0.00868. The number of nitrogens with zero attached hydrogens (tertiary/aromatic N) is 1. The van der Waals surface area contributed by atoms with Crippen LogP contribution in [0.2, 0.25) is 5.02 Å². The van der Waals surface area contributed by atoms with E-state index in [0.29, 0.717) is 17.7 Å². The van der Waals surface area contributed by atoms with Crippen LogP contribution in [0.15, 0.2) is 12.1 Å². The van der Waals surface area contributed by atoms with Crippen LogP contribution >= 0.6 is 11.6 Å². The van der Waals surface area contributed by atoms with Crippen molar-refractivity contribution in [1.29, 1.82) is 0 Å². The SMILES string of the molecule is CCCNc1ccc(Cl)c(COC2CCC(C)C(C)C2)n1. The van der Waals surface area contributed by atoms with E-state index in [2.05, 4.69) is 31.1 Å². The largest absolute Gasteiger partial charge is 0.372 e. The van der Waals surface area contributed by atoms with Crippen molar-refractivity contribution in [3.05, 3.63) is 22.8 Å². The highest BCUT2D eigenvalue weighted by Crippen LogP contribution is 2.31. The van der Waals surface area contributed by atoms with E-state index in [1.165, 1.54) is 6.42 Å². The fourth-order valence-corrected chi connectivity index (χ4v) is 2.94. The fraction of sp³-hybridized carbons (Fsp3) is 0.706. The zero-order chi connectivity index (χ0) is 15.2. The molecule has 4 heteroatoms. The maximum atomic E-state index is 6.23. The van der Waals surface area contributed by atoms with Gasteiger partial charge in [-0.15, -0.1) is 0 Å². The van der Waals surface area contributed by atoms with Gasteiger partial charge in [0.1, 0.15) is 5.82 Å². The van der Waals surface area contributed by atoms with Crippen molar-refractivity contribution < 1.29 is 4.74 Å². The summed E-state index contributed by atoms with van der Waals surface area (Å²) in [5.41, 5.74) is 0.837. The quantitative estimate of drug-likeness (QED) is 0.811. The van der Waals surface area contributed by atoms with Crippen molar-refractivity contribution in [3.63, 3.8) is 0 Å². The Hall–Kier alpha value is -0.800. The molecule has 0 bridgehead atoms. The Morgan fingerprint density at radius 3 is 2.81 bits per heavy atom. The summed E-state index contributed by atoms with van der Waals surface area (Å²) in [6.07, 6.45) is 4.98. The fourth-order valence-electron chi connectivity index (χ4n) is 2.78. The molecule has 0 aromatic carbocycles. The van der Waals surface area contributed by atoms with Crippen LogP contribution in [0, 0.1) is 11.8 Å². The molecule has 1 aromatic heterocycles. The number of hydrogen-bond donors (Lipinski definition) is 1. The Kier molecular flexibility index (Phi) is 6.31. The summed E-state index contributed by atoms with van der Waals surface area (Å²) >= 11 is 6.23. The van der Waals surface area contributed by atoms with Crippen LogP contribution in [0.4, 0.5) is 5.82 Å². The van der Waals surface area contributed by atoms with Gasteiger partial charge >= 0.3 is 0 Å². The van der Waals surface area contributed by atoms with Crippen molar-refractivity contribution in [2.24, 2.45) is 11.8 Å². The second-order valence-corrected chi connectivity index (χ2v) is 6.66. The second kappa shape index (κ2) is 8.00. The molecule has 1 aliphatic rings. The maximum absolute atomic E-state index is 6.23. The van der Waals surface area contributed by atoms with Gasteiger partial charge in [0, 0.05) is 6.54 Å². The van der Waals surface area contributed by atoms with E-state index >= 15 is 0 Å². The summed E-state index contributed by atoms with van der Waals surface area (Å²) in [5, 5.41) is 3.98. The van der Waals surface area contributed by atoms with Crippen LogP contribution in [0.5, 0.6) is 0 Å². The molecular weight excluding hydrogens is 284 g/mol. The molecule has 1 heterocycles. The molecule has 1 saturated carbocycles. The minimum Gasteiger partial charge on any atom is -0.372 e. The van der Waals surface area contributed by atoms with Crippen molar-refractivity contribution in [2.45, 2.75) is 59.2 Å². The van der Waals surface area contributed by atoms with Gasteiger partial charge in [-0.3, -0.25) is 0 Å². The van der Waals surface area contributed by atoms with Crippen LogP contribution in [0.1, 0.15) is 52.1 Å². The van der Waals surface area contributed by atoms with E-state index in [0.717, 1.165) is 49.2 Å². The number of aromatic nitrogens is 1. The van der Waals surface area contributed by atoms with Gasteiger partial charge in [-0.05, 0) is 49.7 Å². The lowest BCUT2D eigenvalue weighted by Gasteiger charge is -2.31. The Morgan fingerprint density at radius 2 is 2.10 bits per heavy atom. The molecule has 1 fully saturated rings. The summed E-state index contributed by atoms with van der Waals surface area (Å²) in [7, 11) is 0. The molecule has 1 N–H and O–H groups in total. The van der Waals surface area contributed by atoms with E-state index in [9.17, 15) is 0 Å². The number of ether oxygens (including phenoxy) is 1. The summed E-state index contributed by atoms with van der Waals surface area (Å²) < 4.78 is 6.05. The average Bonchev–Trinajstić information content (AvgIpc) is 2.48. The van der Waals surface area contributed by atoms with E-state index < -0.39 is 0 Å². The lowest BCUT2D eigenvalue weighted by atomic mass is 9.80. The van der Waals surface area contributed by atoms with Gasteiger partial charge in [-0.25, -0.2) is 4.98 Å². The van der Waals surface area contributed by atoms with E-state index in [1.807, 2.05) is 12.1 Å². The second-order valence-electron chi connectivity index (χ2n) is 6.25. The highest BCUT2D eigenvalue weighted by molar-refractivity contribution is 6.31. The normalized spacial score (nSPS) is 25.8. The summed E-state index contributed by atoms with van der Waals surface area (Å²) in [4.78, 5) is 4.56. The Bertz CT molecular complexity index is 452. The number of halogens is 1. The molecule has 3 nitrogen and oxygen atoms in total. The molecule has 1 aliphatic carbocycles. The predicted octanol–water partition coefficient (Wildman–Crippen LogP) is 4.90. The van der Waals surface area contributed by atoms with Crippen LogP contribution in [-0.4, -0.2) is 17.6 Å². The van der Waals surface area contributed by atoms with Crippen LogP contribution < -0.4 is 5.32 Å². The Balaban J connectivity index is 1.90. The molecule has 118 valence electrons. The first-order valence-corrected chi connectivity index (χ1v) is 8.48. The molecule has 0 aliphatic heterocycles. The monoisotopic (exact) mass is 310 g/mol. The predicted molar refractivity (Wildman–Crippen MR) is 88.8 cm³/mol. The highest BCUT2D eigenvalue weighted by Gasteiger charge is 2.25.